The second-order valence-electron chi connectivity index (χ2n) is 6.25. The van der Waals surface area contributed by atoms with E-state index in [2.05, 4.69) is 5.32 Å². The van der Waals surface area contributed by atoms with Gasteiger partial charge >= 0.3 is 0 Å². The number of benzene rings is 2. The fraction of sp³-hybridized carbons (Fsp3) is 0.100. The quantitative estimate of drug-likeness (QED) is 0.588. The molecule has 4 nitrogen and oxygen atoms in total. The lowest BCUT2D eigenvalue weighted by molar-refractivity contribution is -0.117. The van der Waals surface area contributed by atoms with Crippen molar-refractivity contribution < 1.29 is 14.0 Å². The number of hydrogen-bond acceptors (Lipinski definition) is 3. The average molecular weight is 435 g/mol. The minimum Gasteiger partial charge on any atom is -0.324 e. The van der Waals surface area contributed by atoms with Crippen LogP contribution >= 0.6 is 34.5 Å². The Labute approximate surface area is 174 Å². The minimum atomic E-state index is -0.635. The first-order chi connectivity index (χ1) is 13.4. The van der Waals surface area contributed by atoms with E-state index < -0.39 is 17.8 Å². The SMILES string of the molecule is O=C1CN(C(=O)c2ccc(Cl)cc2Cl)C(c2cccs2)c2cc(F)ccc2N1. The molecule has 0 saturated heterocycles. The molecule has 2 heterocycles. The van der Waals surface area contributed by atoms with Crippen LogP contribution in [0, 0.1) is 5.82 Å². The van der Waals surface area contributed by atoms with Crippen LogP contribution in [0.3, 0.4) is 0 Å². The monoisotopic (exact) mass is 434 g/mol. The first-order valence-electron chi connectivity index (χ1n) is 8.33. The van der Waals surface area contributed by atoms with Crippen LogP contribution in [0.15, 0.2) is 53.9 Å². The van der Waals surface area contributed by atoms with Crippen molar-refractivity contribution in [1.29, 1.82) is 0 Å². The summed E-state index contributed by atoms with van der Waals surface area (Å²) in [4.78, 5) is 28.1. The van der Waals surface area contributed by atoms with Gasteiger partial charge in [-0.3, -0.25) is 9.59 Å². The molecule has 28 heavy (non-hydrogen) atoms. The zero-order valence-corrected chi connectivity index (χ0v) is 16.6. The van der Waals surface area contributed by atoms with Crippen LogP contribution in [-0.2, 0) is 4.79 Å². The van der Waals surface area contributed by atoms with Crippen molar-refractivity contribution in [3.63, 3.8) is 0 Å². The number of carbonyl (C=O) groups is 2. The topological polar surface area (TPSA) is 49.4 Å². The fourth-order valence-electron chi connectivity index (χ4n) is 3.24. The molecule has 1 unspecified atom stereocenters. The van der Waals surface area contributed by atoms with E-state index in [1.165, 1.54) is 46.6 Å². The van der Waals surface area contributed by atoms with Crippen LogP contribution in [-0.4, -0.2) is 23.3 Å². The summed E-state index contributed by atoms with van der Waals surface area (Å²) < 4.78 is 14.1. The van der Waals surface area contributed by atoms with Crippen molar-refractivity contribution in [1.82, 2.24) is 4.90 Å². The lowest BCUT2D eigenvalue weighted by Crippen LogP contribution is -2.38. The first-order valence-corrected chi connectivity index (χ1v) is 9.96. The highest BCUT2D eigenvalue weighted by molar-refractivity contribution is 7.10. The third-order valence-corrected chi connectivity index (χ3v) is 5.92. The van der Waals surface area contributed by atoms with Crippen molar-refractivity contribution >= 4 is 52.0 Å². The standard InChI is InChI=1S/C20H13Cl2FN2O2S/c21-11-3-5-13(15(22)8-11)20(27)25-10-18(26)24-16-6-4-12(23)9-14(16)19(25)17-2-1-7-28-17/h1-9,19H,10H2,(H,24,26). The molecule has 0 fully saturated rings. The molecule has 8 heteroatoms. The number of fused-ring (bicyclic) bond motifs is 1. The van der Waals surface area contributed by atoms with Crippen molar-refractivity contribution in [2.75, 3.05) is 11.9 Å². The zero-order chi connectivity index (χ0) is 19.8. The number of anilines is 1. The Kier molecular flexibility index (Phi) is 5.10. The van der Waals surface area contributed by atoms with Crippen LogP contribution in [0.25, 0.3) is 0 Å². The highest BCUT2D eigenvalue weighted by Gasteiger charge is 2.35. The number of hydrogen-bond donors (Lipinski definition) is 1. The van der Waals surface area contributed by atoms with Gasteiger partial charge in [-0.1, -0.05) is 29.3 Å². The number of nitrogens with one attached hydrogen (secondary N) is 1. The molecular formula is C20H13Cl2FN2O2S. The van der Waals surface area contributed by atoms with Crippen LogP contribution < -0.4 is 5.32 Å². The van der Waals surface area contributed by atoms with E-state index in [-0.39, 0.29) is 23.0 Å². The van der Waals surface area contributed by atoms with Crippen LogP contribution in [0.4, 0.5) is 10.1 Å². The van der Waals surface area contributed by atoms with Crippen LogP contribution in [0.2, 0.25) is 10.0 Å². The van der Waals surface area contributed by atoms with Crippen molar-refractivity contribution in [3.05, 3.63) is 85.8 Å². The van der Waals surface area contributed by atoms with E-state index in [9.17, 15) is 14.0 Å². The second kappa shape index (κ2) is 7.54. The van der Waals surface area contributed by atoms with Gasteiger partial charge in [0.2, 0.25) is 5.91 Å². The van der Waals surface area contributed by atoms with Gasteiger partial charge < -0.3 is 10.2 Å². The average Bonchev–Trinajstić information content (AvgIpc) is 3.12. The summed E-state index contributed by atoms with van der Waals surface area (Å²) >= 11 is 13.6. The number of rotatable bonds is 2. The Balaban J connectivity index is 1.88. The largest absolute Gasteiger partial charge is 0.324 e. The Hall–Kier alpha value is -2.41. The number of halogens is 3. The van der Waals surface area contributed by atoms with Crippen LogP contribution in [0.5, 0.6) is 0 Å². The first kappa shape index (κ1) is 18.9. The number of amides is 2. The maximum atomic E-state index is 14.1. The van der Waals surface area contributed by atoms with Gasteiger partial charge in [-0.05, 0) is 47.8 Å². The van der Waals surface area contributed by atoms with Crippen molar-refractivity contribution in [2.24, 2.45) is 0 Å². The maximum Gasteiger partial charge on any atom is 0.256 e. The molecule has 4 rings (SSSR count). The van der Waals surface area contributed by atoms with Gasteiger partial charge in [-0.25, -0.2) is 4.39 Å². The predicted octanol–water partition coefficient (Wildman–Crippen LogP) is 5.38. The van der Waals surface area contributed by atoms with Gasteiger partial charge in [0.25, 0.3) is 5.91 Å². The van der Waals surface area contributed by atoms with Gasteiger partial charge in [0.15, 0.2) is 0 Å². The summed E-state index contributed by atoms with van der Waals surface area (Å²) in [5, 5.41) is 5.21. The van der Waals surface area contributed by atoms with E-state index in [1.807, 2.05) is 17.5 Å². The molecule has 1 N–H and O–H groups in total. The normalized spacial score (nSPS) is 16.3. The number of carbonyl (C=O) groups excluding carboxylic acids is 2. The zero-order valence-electron chi connectivity index (χ0n) is 14.3. The Morgan fingerprint density at radius 1 is 1.18 bits per heavy atom. The molecule has 142 valence electrons. The summed E-state index contributed by atoms with van der Waals surface area (Å²) in [6, 6.07) is 11.7. The lowest BCUT2D eigenvalue weighted by atomic mass is 10.0. The van der Waals surface area contributed by atoms with E-state index in [0.29, 0.717) is 16.3 Å². The number of nitrogens with zero attached hydrogens (tertiary/aromatic N) is 1. The summed E-state index contributed by atoms with van der Waals surface area (Å²) in [5.74, 6) is -1.26. The molecule has 1 atom stereocenters. The fourth-order valence-corrected chi connectivity index (χ4v) is 4.58. The third kappa shape index (κ3) is 3.51. The van der Waals surface area contributed by atoms with Crippen LogP contribution in [0.1, 0.15) is 26.8 Å². The van der Waals surface area contributed by atoms with Gasteiger partial charge in [0, 0.05) is 21.2 Å². The van der Waals surface area contributed by atoms with Crippen molar-refractivity contribution in [2.45, 2.75) is 6.04 Å². The molecule has 1 aliphatic heterocycles. The molecule has 2 aromatic carbocycles. The maximum absolute atomic E-state index is 14.1. The van der Waals surface area contributed by atoms with E-state index in [0.717, 1.165) is 4.88 Å². The Morgan fingerprint density at radius 3 is 2.71 bits per heavy atom. The highest BCUT2D eigenvalue weighted by Crippen LogP contribution is 2.39. The lowest BCUT2D eigenvalue weighted by Gasteiger charge is -2.29. The molecule has 1 aromatic heterocycles. The molecule has 0 spiro atoms. The predicted molar refractivity (Wildman–Crippen MR) is 109 cm³/mol. The van der Waals surface area contributed by atoms with Gasteiger partial charge in [-0.2, -0.15) is 0 Å². The third-order valence-electron chi connectivity index (χ3n) is 4.44. The molecular weight excluding hydrogens is 422 g/mol. The molecule has 0 bridgehead atoms. The van der Waals surface area contributed by atoms with E-state index in [1.54, 1.807) is 6.07 Å². The molecule has 3 aromatic rings. The molecule has 0 aliphatic carbocycles. The summed E-state index contributed by atoms with van der Waals surface area (Å²) in [5.41, 5.74) is 1.20. The smallest absolute Gasteiger partial charge is 0.256 e. The van der Waals surface area contributed by atoms with Gasteiger partial charge in [0.05, 0.1) is 16.6 Å². The molecule has 0 radical (unpaired) electrons. The summed E-state index contributed by atoms with van der Waals surface area (Å²) in [6.45, 7) is -0.198. The van der Waals surface area contributed by atoms with Gasteiger partial charge in [-0.15, -0.1) is 11.3 Å². The summed E-state index contributed by atoms with van der Waals surface area (Å²) in [7, 11) is 0. The number of thiophene rings is 1. The highest BCUT2D eigenvalue weighted by atomic mass is 35.5. The molecule has 0 saturated carbocycles. The van der Waals surface area contributed by atoms with Crippen molar-refractivity contribution in [3.8, 4) is 0 Å². The van der Waals surface area contributed by atoms with E-state index in [4.69, 9.17) is 23.2 Å². The summed E-state index contributed by atoms with van der Waals surface area (Å²) in [6.07, 6.45) is 0. The second-order valence-corrected chi connectivity index (χ2v) is 8.08. The Bertz CT molecular complexity index is 1070. The molecule has 1 aliphatic rings. The van der Waals surface area contributed by atoms with E-state index >= 15 is 0 Å². The minimum absolute atomic E-state index is 0.187. The Morgan fingerprint density at radius 2 is 2.00 bits per heavy atom. The molecule has 2 amide bonds. The van der Waals surface area contributed by atoms with Gasteiger partial charge in [0.1, 0.15) is 12.4 Å².